The lowest BCUT2D eigenvalue weighted by molar-refractivity contribution is 0.163. The average Bonchev–Trinajstić information content (AvgIpc) is 2.68. The van der Waals surface area contributed by atoms with Gasteiger partial charge in [0.15, 0.2) is 0 Å². The number of rotatable bonds is 4. The van der Waals surface area contributed by atoms with Crippen LogP contribution < -0.4 is 5.43 Å². The van der Waals surface area contributed by atoms with Crippen molar-refractivity contribution in [1.82, 2.24) is 5.01 Å². The number of ether oxygens (including phenoxy) is 1. The largest absolute Gasteiger partial charge is 0.446 e. The minimum Gasteiger partial charge on any atom is -0.446 e. The lowest BCUT2D eigenvalue weighted by atomic mass is 10.1. The third-order valence-corrected chi connectivity index (χ3v) is 2.52. The third-order valence-electron chi connectivity index (χ3n) is 2.52. The molecule has 0 saturated carbocycles. The Bertz CT molecular complexity index is 362. The van der Waals surface area contributed by atoms with Gasteiger partial charge in [-0.3, -0.25) is 5.43 Å². The van der Waals surface area contributed by atoms with Crippen molar-refractivity contribution in [3.8, 4) is 0 Å². The van der Waals surface area contributed by atoms with E-state index in [1.807, 2.05) is 12.1 Å². The first kappa shape index (κ1) is 10.8. The second-order valence-electron chi connectivity index (χ2n) is 3.82. The third kappa shape index (κ3) is 2.45. The number of nitrogens with zero attached hydrogens (tertiary/aromatic N) is 1. The number of aryl methyl sites for hydroxylation is 1. The van der Waals surface area contributed by atoms with Crippen molar-refractivity contribution in [1.29, 1.82) is 0 Å². The Balaban J connectivity index is 1.96. The monoisotopic (exact) mass is 220 g/mol. The predicted molar refractivity (Wildman–Crippen MR) is 62.1 cm³/mol. The Labute approximate surface area is 95.2 Å². The summed E-state index contributed by atoms with van der Waals surface area (Å²) in [6.45, 7) is 3.21. The molecule has 0 aromatic heterocycles. The van der Waals surface area contributed by atoms with Crippen LogP contribution >= 0.6 is 0 Å². The highest BCUT2D eigenvalue weighted by molar-refractivity contribution is 5.71. The number of amides is 1. The normalized spacial score (nSPS) is 15.1. The molecule has 0 unspecified atom stereocenters. The summed E-state index contributed by atoms with van der Waals surface area (Å²) >= 11 is 0. The van der Waals surface area contributed by atoms with E-state index in [1.165, 1.54) is 10.6 Å². The summed E-state index contributed by atoms with van der Waals surface area (Å²) in [6.07, 6.45) is 1.93. The van der Waals surface area contributed by atoms with Gasteiger partial charge in [0.1, 0.15) is 6.61 Å². The first-order valence-corrected chi connectivity index (χ1v) is 5.59. The van der Waals surface area contributed by atoms with E-state index in [-0.39, 0.29) is 6.09 Å². The molecule has 4 heteroatoms. The number of hydrogen-bond donors (Lipinski definition) is 1. The van der Waals surface area contributed by atoms with Crippen molar-refractivity contribution >= 4 is 11.8 Å². The first-order chi connectivity index (χ1) is 7.79. The van der Waals surface area contributed by atoms with Crippen molar-refractivity contribution in [2.75, 3.05) is 18.6 Å². The first-order valence-electron chi connectivity index (χ1n) is 5.59. The highest BCUT2D eigenvalue weighted by Gasteiger charge is 2.21. The van der Waals surface area contributed by atoms with E-state index in [0.717, 1.165) is 18.5 Å². The number of anilines is 1. The van der Waals surface area contributed by atoms with Crippen LogP contribution in [0.25, 0.3) is 0 Å². The number of hydrazine groups is 1. The number of nitrogens with one attached hydrogen (secondary N) is 1. The SMILES string of the molecule is CCCc1ccc(NN2CCOC2=O)cc1. The van der Waals surface area contributed by atoms with Gasteiger partial charge >= 0.3 is 6.09 Å². The van der Waals surface area contributed by atoms with Gasteiger partial charge in [-0.1, -0.05) is 25.5 Å². The van der Waals surface area contributed by atoms with E-state index in [2.05, 4.69) is 24.5 Å². The number of hydrogen-bond acceptors (Lipinski definition) is 3. The summed E-state index contributed by atoms with van der Waals surface area (Å²) in [4.78, 5) is 11.2. The molecule has 16 heavy (non-hydrogen) atoms. The van der Waals surface area contributed by atoms with Crippen molar-refractivity contribution in [3.05, 3.63) is 29.8 Å². The lowest BCUT2D eigenvalue weighted by Gasteiger charge is -2.15. The van der Waals surface area contributed by atoms with Crippen LogP contribution in [0.4, 0.5) is 10.5 Å². The van der Waals surface area contributed by atoms with Crippen LogP contribution in [0.1, 0.15) is 18.9 Å². The van der Waals surface area contributed by atoms with Gasteiger partial charge in [-0.15, -0.1) is 0 Å². The van der Waals surface area contributed by atoms with E-state index in [4.69, 9.17) is 4.74 Å². The van der Waals surface area contributed by atoms with E-state index in [1.54, 1.807) is 0 Å². The average molecular weight is 220 g/mol. The summed E-state index contributed by atoms with van der Waals surface area (Å²) in [5, 5.41) is 1.48. The van der Waals surface area contributed by atoms with Crippen LogP contribution in [0.2, 0.25) is 0 Å². The maximum atomic E-state index is 11.2. The molecule has 86 valence electrons. The molecule has 4 nitrogen and oxygen atoms in total. The van der Waals surface area contributed by atoms with Gasteiger partial charge in [-0.2, -0.15) is 0 Å². The van der Waals surface area contributed by atoms with Crippen LogP contribution in [0, 0.1) is 0 Å². The molecule has 0 radical (unpaired) electrons. The number of cyclic esters (lactones) is 1. The standard InChI is InChI=1S/C12H16N2O2/c1-2-3-10-4-6-11(7-5-10)13-14-8-9-16-12(14)15/h4-7,13H,2-3,8-9H2,1H3. The van der Waals surface area contributed by atoms with Gasteiger partial charge in [0.25, 0.3) is 0 Å². The molecule has 1 fully saturated rings. The van der Waals surface area contributed by atoms with Gasteiger partial charge in [0, 0.05) is 0 Å². The van der Waals surface area contributed by atoms with E-state index < -0.39 is 0 Å². The van der Waals surface area contributed by atoms with Crippen molar-refractivity contribution < 1.29 is 9.53 Å². The zero-order chi connectivity index (χ0) is 11.4. The molecule has 0 spiro atoms. The molecular weight excluding hydrogens is 204 g/mol. The topological polar surface area (TPSA) is 41.6 Å². The number of benzene rings is 1. The molecule has 1 heterocycles. The summed E-state index contributed by atoms with van der Waals surface area (Å²) in [5.41, 5.74) is 5.25. The van der Waals surface area contributed by atoms with Gasteiger partial charge in [-0.05, 0) is 24.1 Å². The smallest absolute Gasteiger partial charge is 0.428 e. The molecule has 1 aromatic carbocycles. The molecule has 1 amide bonds. The van der Waals surface area contributed by atoms with Gasteiger partial charge in [0.2, 0.25) is 0 Å². The van der Waals surface area contributed by atoms with Gasteiger partial charge in [0.05, 0.1) is 12.2 Å². The Hall–Kier alpha value is -1.71. The summed E-state index contributed by atoms with van der Waals surface area (Å²) in [5.74, 6) is 0. The highest BCUT2D eigenvalue weighted by Crippen LogP contribution is 2.13. The van der Waals surface area contributed by atoms with Crippen molar-refractivity contribution in [2.24, 2.45) is 0 Å². The number of carbonyl (C=O) groups excluding carboxylic acids is 1. The molecule has 1 N–H and O–H groups in total. The lowest BCUT2D eigenvalue weighted by Crippen LogP contribution is -2.30. The maximum absolute atomic E-state index is 11.2. The second kappa shape index (κ2) is 4.88. The van der Waals surface area contributed by atoms with Crippen molar-refractivity contribution in [3.63, 3.8) is 0 Å². The molecule has 1 aliphatic heterocycles. The van der Waals surface area contributed by atoms with Gasteiger partial charge in [-0.25, -0.2) is 9.80 Å². The summed E-state index contributed by atoms with van der Waals surface area (Å²) in [7, 11) is 0. The second-order valence-corrected chi connectivity index (χ2v) is 3.82. The predicted octanol–water partition coefficient (Wildman–Crippen LogP) is 2.42. The fourth-order valence-electron chi connectivity index (χ4n) is 1.69. The van der Waals surface area contributed by atoms with Gasteiger partial charge < -0.3 is 4.74 Å². The summed E-state index contributed by atoms with van der Waals surface area (Å²) in [6, 6.07) is 8.12. The highest BCUT2D eigenvalue weighted by atomic mass is 16.6. The fourth-order valence-corrected chi connectivity index (χ4v) is 1.69. The number of carbonyl (C=O) groups is 1. The maximum Gasteiger partial charge on any atom is 0.428 e. The molecule has 0 atom stereocenters. The minimum absolute atomic E-state index is 0.308. The zero-order valence-electron chi connectivity index (χ0n) is 9.40. The van der Waals surface area contributed by atoms with Crippen LogP contribution in [0.5, 0.6) is 0 Å². The Morgan fingerprint density at radius 2 is 2.12 bits per heavy atom. The van der Waals surface area contributed by atoms with Crippen LogP contribution in [0.3, 0.4) is 0 Å². The summed E-state index contributed by atoms with van der Waals surface area (Å²) < 4.78 is 4.82. The van der Waals surface area contributed by atoms with E-state index in [0.29, 0.717) is 13.2 Å². The van der Waals surface area contributed by atoms with E-state index in [9.17, 15) is 4.79 Å². The van der Waals surface area contributed by atoms with Crippen LogP contribution in [-0.2, 0) is 11.2 Å². The molecule has 1 saturated heterocycles. The zero-order valence-corrected chi connectivity index (χ0v) is 9.40. The molecule has 0 bridgehead atoms. The fraction of sp³-hybridized carbons (Fsp3) is 0.417. The molecule has 1 aromatic rings. The van der Waals surface area contributed by atoms with Crippen molar-refractivity contribution in [2.45, 2.75) is 19.8 Å². The Morgan fingerprint density at radius 1 is 1.38 bits per heavy atom. The molecule has 2 rings (SSSR count). The Kier molecular flexibility index (Phi) is 3.29. The quantitative estimate of drug-likeness (QED) is 0.847. The molecule has 1 aliphatic rings. The Morgan fingerprint density at radius 3 is 2.69 bits per heavy atom. The van der Waals surface area contributed by atoms with E-state index >= 15 is 0 Å². The van der Waals surface area contributed by atoms with Crippen LogP contribution in [0.15, 0.2) is 24.3 Å². The molecule has 0 aliphatic carbocycles. The van der Waals surface area contributed by atoms with Crippen LogP contribution in [-0.4, -0.2) is 24.3 Å². The minimum atomic E-state index is -0.308. The molecular formula is C12H16N2O2.